The van der Waals surface area contributed by atoms with Crippen LogP contribution in [-0.4, -0.2) is 7.11 Å². The Kier molecular flexibility index (Phi) is 4.46. The highest BCUT2D eigenvalue weighted by atomic mass is 16.5. The molecular formula is C18H23NO. The summed E-state index contributed by atoms with van der Waals surface area (Å²) >= 11 is 0. The third kappa shape index (κ3) is 2.86. The van der Waals surface area contributed by atoms with Gasteiger partial charge in [0.1, 0.15) is 5.75 Å². The molecule has 0 saturated heterocycles. The molecule has 0 saturated carbocycles. The predicted octanol–water partition coefficient (Wildman–Crippen LogP) is 3.67. The van der Waals surface area contributed by atoms with Gasteiger partial charge in [-0.15, -0.1) is 0 Å². The van der Waals surface area contributed by atoms with Crippen LogP contribution in [-0.2, 0) is 13.0 Å². The fourth-order valence-electron chi connectivity index (χ4n) is 2.73. The third-order valence-corrected chi connectivity index (χ3v) is 3.96. The van der Waals surface area contributed by atoms with Gasteiger partial charge in [0.2, 0.25) is 0 Å². The number of hydrogen-bond acceptors (Lipinski definition) is 2. The van der Waals surface area contributed by atoms with E-state index in [1.165, 1.54) is 33.4 Å². The van der Waals surface area contributed by atoms with Gasteiger partial charge >= 0.3 is 0 Å². The van der Waals surface area contributed by atoms with Crippen LogP contribution in [0.5, 0.6) is 5.75 Å². The molecule has 20 heavy (non-hydrogen) atoms. The molecule has 2 N–H and O–H groups in total. The summed E-state index contributed by atoms with van der Waals surface area (Å²) in [6, 6.07) is 10.7. The van der Waals surface area contributed by atoms with Crippen molar-refractivity contribution in [1.29, 1.82) is 0 Å². The molecule has 0 aliphatic heterocycles. The molecule has 0 unspecified atom stereocenters. The predicted molar refractivity (Wildman–Crippen MR) is 84.3 cm³/mol. The zero-order valence-electron chi connectivity index (χ0n) is 12.8. The van der Waals surface area contributed by atoms with Gasteiger partial charge in [0, 0.05) is 6.54 Å². The van der Waals surface area contributed by atoms with Crippen molar-refractivity contribution in [2.24, 2.45) is 5.73 Å². The van der Waals surface area contributed by atoms with Gasteiger partial charge < -0.3 is 10.5 Å². The summed E-state index contributed by atoms with van der Waals surface area (Å²) in [4.78, 5) is 0. The summed E-state index contributed by atoms with van der Waals surface area (Å²) in [7, 11) is 1.74. The van der Waals surface area contributed by atoms with Crippen LogP contribution in [0.15, 0.2) is 30.3 Å². The van der Waals surface area contributed by atoms with Crippen LogP contribution in [0.2, 0.25) is 0 Å². The average molecular weight is 269 g/mol. The monoisotopic (exact) mass is 269 g/mol. The first-order valence-electron chi connectivity index (χ1n) is 6.98. The van der Waals surface area contributed by atoms with Gasteiger partial charge in [-0.25, -0.2) is 0 Å². The van der Waals surface area contributed by atoms with Crippen LogP contribution in [0.25, 0.3) is 0 Å². The quantitative estimate of drug-likeness (QED) is 0.919. The number of ether oxygens (including phenoxy) is 1. The van der Waals surface area contributed by atoms with E-state index in [2.05, 4.69) is 51.1 Å². The van der Waals surface area contributed by atoms with Crippen molar-refractivity contribution in [3.8, 4) is 5.75 Å². The molecule has 0 heterocycles. The van der Waals surface area contributed by atoms with Crippen molar-refractivity contribution in [2.75, 3.05) is 7.11 Å². The molecule has 2 rings (SSSR count). The fraction of sp³-hybridized carbons (Fsp3) is 0.333. The maximum Gasteiger partial charge on any atom is 0.124 e. The minimum atomic E-state index is 0.591. The van der Waals surface area contributed by atoms with Gasteiger partial charge in [0.15, 0.2) is 0 Å². The molecule has 0 fully saturated rings. The number of rotatable bonds is 4. The molecule has 2 aromatic rings. The van der Waals surface area contributed by atoms with Crippen LogP contribution in [0.4, 0.5) is 0 Å². The standard InChI is InChI=1S/C18H23NO/c1-12-8-17(13(2)14(3)18(12)20-4)10-15-6-5-7-16(9-15)11-19/h5-9H,10-11,19H2,1-4H3. The molecule has 2 nitrogen and oxygen atoms in total. The van der Waals surface area contributed by atoms with Gasteiger partial charge in [0.25, 0.3) is 0 Å². The number of aryl methyl sites for hydroxylation is 1. The van der Waals surface area contributed by atoms with E-state index in [0.29, 0.717) is 6.54 Å². The first kappa shape index (κ1) is 14.6. The molecule has 0 aromatic heterocycles. The van der Waals surface area contributed by atoms with E-state index in [4.69, 9.17) is 10.5 Å². The molecule has 2 heteroatoms. The van der Waals surface area contributed by atoms with Gasteiger partial charge in [0.05, 0.1) is 7.11 Å². The van der Waals surface area contributed by atoms with Crippen molar-refractivity contribution in [3.05, 3.63) is 63.7 Å². The molecule has 0 amide bonds. The van der Waals surface area contributed by atoms with E-state index in [-0.39, 0.29) is 0 Å². The third-order valence-electron chi connectivity index (χ3n) is 3.96. The SMILES string of the molecule is COc1c(C)cc(Cc2cccc(CN)c2)c(C)c1C. The van der Waals surface area contributed by atoms with E-state index in [1.54, 1.807) is 7.11 Å². The minimum Gasteiger partial charge on any atom is -0.496 e. The van der Waals surface area contributed by atoms with Gasteiger partial charge in [-0.1, -0.05) is 30.3 Å². The normalized spacial score (nSPS) is 10.7. The molecule has 0 aliphatic rings. The maximum atomic E-state index is 5.71. The minimum absolute atomic E-state index is 0.591. The lowest BCUT2D eigenvalue weighted by Crippen LogP contribution is -2.01. The Labute approximate surface area is 121 Å². The van der Waals surface area contributed by atoms with Gasteiger partial charge in [-0.3, -0.25) is 0 Å². The van der Waals surface area contributed by atoms with E-state index in [0.717, 1.165) is 12.2 Å². The summed E-state index contributed by atoms with van der Waals surface area (Å²) in [5, 5.41) is 0. The first-order valence-corrected chi connectivity index (χ1v) is 6.98. The van der Waals surface area contributed by atoms with Crippen LogP contribution in [0.1, 0.15) is 33.4 Å². The van der Waals surface area contributed by atoms with E-state index in [9.17, 15) is 0 Å². The molecule has 0 spiro atoms. The summed E-state index contributed by atoms with van der Waals surface area (Å²) in [5.41, 5.74) is 13.3. The van der Waals surface area contributed by atoms with Crippen LogP contribution in [0.3, 0.4) is 0 Å². The van der Waals surface area contributed by atoms with E-state index >= 15 is 0 Å². The van der Waals surface area contributed by atoms with Crippen molar-refractivity contribution < 1.29 is 4.74 Å². The van der Waals surface area contributed by atoms with Crippen LogP contribution < -0.4 is 10.5 Å². The van der Waals surface area contributed by atoms with Gasteiger partial charge in [-0.05, 0) is 60.6 Å². The Bertz CT molecular complexity index is 617. The first-order chi connectivity index (χ1) is 9.56. The molecule has 0 bridgehead atoms. The van der Waals surface area contributed by atoms with Crippen molar-refractivity contribution in [2.45, 2.75) is 33.7 Å². The maximum absolute atomic E-state index is 5.71. The number of hydrogen-bond donors (Lipinski definition) is 1. The lowest BCUT2D eigenvalue weighted by molar-refractivity contribution is 0.408. The van der Waals surface area contributed by atoms with Crippen LogP contribution in [0, 0.1) is 20.8 Å². The highest BCUT2D eigenvalue weighted by molar-refractivity contribution is 5.50. The average Bonchev–Trinajstić information content (AvgIpc) is 2.45. The lowest BCUT2D eigenvalue weighted by Gasteiger charge is -2.16. The topological polar surface area (TPSA) is 35.2 Å². The zero-order chi connectivity index (χ0) is 14.7. The highest BCUT2D eigenvalue weighted by Crippen LogP contribution is 2.29. The molecule has 106 valence electrons. The molecular weight excluding hydrogens is 246 g/mol. The second-order valence-electron chi connectivity index (χ2n) is 5.34. The smallest absolute Gasteiger partial charge is 0.124 e. The van der Waals surface area contributed by atoms with E-state index < -0.39 is 0 Å². The second-order valence-corrected chi connectivity index (χ2v) is 5.34. The zero-order valence-corrected chi connectivity index (χ0v) is 12.8. The molecule has 0 aliphatic carbocycles. The number of benzene rings is 2. The van der Waals surface area contributed by atoms with Crippen molar-refractivity contribution in [1.82, 2.24) is 0 Å². The number of methoxy groups -OCH3 is 1. The van der Waals surface area contributed by atoms with Crippen molar-refractivity contribution >= 4 is 0 Å². The Hall–Kier alpha value is -1.80. The Morgan fingerprint density at radius 3 is 2.35 bits per heavy atom. The van der Waals surface area contributed by atoms with E-state index in [1.807, 2.05) is 0 Å². The van der Waals surface area contributed by atoms with Crippen LogP contribution >= 0.6 is 0 Å². The summed E-state index contributed by atoms with van der Waals surface area (Å²) in [6.45, 7) is 6.99. The fourth-order valence-corrected chi connectivity index (χ4v) is 2.73. The molecule has 2 aromatic carbocycles. The lowest BCUT2D eigenvalue weighted by atomic mass is 9.93. The molecule has 0 atom stereocenters. The van der Waals surface area contributed by atoms with Gasteiger partial charge in [-0.2, -0.15) is 0 Å². The summed E-state index contributed by atoms with van der Waals surface area (Å²) in [6.07, 6.45) is 0.936. The molecule has 0 radical (unpaired) electrons. The highest BCUT2D eigenvalue weighted by Gasteiger charge is 2.11. The Balaban J connectivity index is 2.38. The van der Waals surface area contributed by atoms with Crippen molar-refractivity contribution in [3.63, 3.8) is 0 Å². The number of nitrogens with two attached hydrogens (primary N) is 1. The largest absolute Gasteiger partial charge is 0.496 e. The Morgan fingerprint density at radius 1 is 1.00 bits per heavy atom. The summed E-state index contributed by atoms with van der Waals surface area (Å²) < 4.78 is 5.48. The second kappa shape index (κ2) is 6.10. The summed E-state index contributed by atoms with van der Waals surface area (Å²) in [5.74, 6) is 1.00. The Morgan fingerprint density at radius 2 is 1.70 bits per heavy atom.